The highest BCUT2D eigenvalue weighted by atomic mass is 16.5. The molecule has 0 aliphatic rings. The van der Waals surface area contributed by atoms with Crippen LogP contribution in [0.3, 0.4) is 0 Å². The molecule has 98 valence electrons. The topological polar surface area (TPSA) is 12.5 Å². The van der Waals surface area contributed by atoms with Gasteiger partial charge in [0.05, 0.1) is 0 Å². The Morgan fingerprint density at radius 3 is 2.37 bits per heavy atom. The highest BCUT2D eigenvalue weighted by molar-refractivity contribution is 5.62. The van der Waals surface area contributed by atoms with Crippen molar-refractivity contribution in [2.24, 2.45) is 0 Å². The van der Waals surface area contributed by atoms with Gasteiger partial charge in [0.2, 0.25) is 0 Å². The molecule has 0 spiro atoms. The van der Waals surface area contributed by atoms with Crippen LogP contribution < -0.4 is 9.64 Å². The van der Waals surface area contributed by atoms with Crippen molar-refractivity contribution in [3.63, 3.8) is 0 Å². The molecule has 2 heteroatoms. The third kappa shape index (κ3) is 3.38. The van der Waals surface area contributed by atoms with Gasteiger partial charge in [-0.25, -0.2) is 0 Å². The molecule has 0 aromatic heterocycles. The number of allylic oxidation sites excluding steroid dienone is 1. The van der Waals surface area contributed by atoms with Gasteiger partial charge < -0.3 is 9.64 Å². The third-order valence-corrected chi connectivity index (χ3v) is 2.88. The molecule has 0 heterocycles. The first-order chi connectivity index (χ1) is 9.20. The SMILES string of the molecule is CC=C(Oc1cccc(N(C)C)c1)c1ccccc1. The van der Waals surface area contributed by atoms with Gasteiger partial charge in [-0.1, -0.05) is 36.4 Å². The van der Waals surface area contributed by atoms with Crippen molar-refractivity contribution in [2.45, 2.75) is 6.92 Å². The summed E-state index contributed by atoms with van der Waals surface area (Å²) in [6.45, 7) is 1.98. The second-order valence-corrected chi connectivity index (χ2v) is 4.51. The number of hydrogen-bond donors (Lipinski definition) is 0. The van der Waals surface area contributed by atoms with Gasteiger partial charge in [-0.15, -0.1) is 0 Å². The van der Waals surface area contributed by atoms with Gasteiger partial charge in [0.15, 0.2) is 0 Å². The molecule has 2 aromatic carbocycles. The number of benzene rings is 2. The van der Waals surface area contributed by atoms with Crippen LogP contribution in [0.25, 0.3) is 5.76 Å². The Hall–Kier alpha value is -2.22. The summed E-state index contributed by atoms with van der Waals surface area (Å²) in [5.41, 5.74) is 2.21. The van der Waals surface area contributed by atoms with Crippen LogP contribution in [0.5, 0.6) is 5.75 Å². The Morgan fingerprint density at radius 1 is 1.00 bits per heavy atom. The van der Waals surface area contributed by atoms with Crippen molar-refractivity contribution in [3.8, 4) is 5.75 Å². The molecule has 0 fully saturated rings. The summed E-state index contributed by atoms with van der Waals surface area (Å²) in [7, 11) is 4.04. The normalized spacial score (nSPS) is 11.2. The lowest BCUT2D eigenvalue weighted by molar-refractivity contribution is 0.514. The van der Waals surface area contributed by atoms with Crippen molar-refractivity contribution >= 4 is 11.4 Å². The monoisotopic (exact) mass is 253 g/mol. The van der Waals surface area contributed by atoms with Crippen molar-refractivity contribution in [1.82, 2.24) is 0 Å². The van der Waals surface area contributed by atoms with Crippen molar-refractivity contribution < 1.29 is 4.74 Å². The molecule has 0 saturated heterocycles. The first-order valence-corrected chi connectivity index (χ1v) is 6.37. The average molecular weight is 253 g/mol. The molecule has 2 aromatic rings. The van der Waals surface area contributed by atoms with Gasteiger partial charge in [0.25, 0.3) is 0 Å². The quantitative estimate of drug-likeness (QED) is 0.757. The van der Waals surface area contributed by atoms with E-state index in [1.54, 1.807) is 0 Å². The predicted octanol–water partition coefficient (Wildman–Crippen LogP) is 4.19. The second kappa shape index (κ2) is 6.10. The Balaban J connectivity index is 2.22. The van der Waals surface area contributed by atoms with E-state index in [-0.39, 0.29) is 0 Å². The molecule has 0 atom stereocenters. The highest BCUT2D eigenvalue weighted by Gasteiger charge is 2.04. The zero-order chi connectivity index (χ0) is 13.7. The van der Waals surface area contributed by atoms with Gasteiger partial charge in [-0.2, -0.15) is 0 Å². The maximum absolute atomic E-state index is 5.97. The highest BCUT2D eigenvalue weighted by Crippen LogP contribution is 2.24. The van der Waals surface area contributed by atoms with Crippen LogP contribution in [0.2, 0.25) is 0 Å². The van der Waals surface area contributed by atoms with Crippen molar-refractivity contribution in [2.75, 3.05) is 19.0 Å². The minimum atomic E-state index is 0.850. The molecule has 0 aliphatic heterocycles. The molecular formula is C17H19NO. The fourth-order valence-corrected chi connectivity index (χ4v) is 1.84. The number of ether oxygens (including phenoxy) is 1. The molecule has 0 saturated carbocycles. The van der Waals surface area contributed by atoms with E-state index < -0.39 is 0 Å². The van der Waals surface area contributed by atoms with Crippen LogP contribution in [0.4, 0.5) is 5.69 Å². The van der Waals surface area contributed by atoms with Crippen LogP contribution in [0.15, 0.2) is 60.7 Å². The van der Waals surface area contributed by atoms with Gasteiger partial charge in [-0.05, 0) is 25.1 Å². The summed E-state index contributed by atoms with van der Waals surface area (Å²) in [5.74, 6) is 1.72. The van der Waals surface area contributed by atoms with Crippen LogP contribution in [0.1, 0.15) is 12.5 Å². The van der Waals surface area contributed by atoms with E-state index in [4.69, 9.17) is 4.74 Å². The maximum atomic E-state index is 5.97. The van der Waals surface area contributed by atoms with E-state index in [1.807, 2.05) is 75.6 Å². The molecule has 2 rings (SSSR count). The minimum Gasteiger partial charge on any atom is -0.457 e. The average Bonchev–Trinajstić information content (AvgIpc) is 2.46. The van der Waals surface area contributed by atoms with Gasteiger partial charge >= 0.3 is 0 Å². The minimum absolute atomic E-state index is 0.850. The maximum Gasteiger partial charge on any atom is 0.130 e. The van der Waals surface area contributed by atoms with E-state index in [0.717, 1.165) is 22.8 Å². The molecule has 0 bridgehead atoms. The zero-order valence-electron chi connectivity index (χ0n) is 11.6. The van der Waals surface area contributed by atoms with Crippen LogP contribution >= 0.6 is 0 Å². The van der Waals surface area contributed by atoms with Gasteiger partial charge in [0.1, 0.15) is 11.5 Å². The summed E-state index contributed by atoms with van der Waals surface area (Å²) in [5, 5.41) is 0. The van der Waals surface area contributed by atoms with E-state index in [2.05, 4.69) is 11.0 Å². The number of hydrogen-bond acceptors (Lipinski definition) is 2. The lowest BCUT2D eigenvalue weighted by Crippen LogP contribution is -2.08. The number of rotatable bonds is 4. The molecule has 0 radical (unpaired) electrons. The van der Waals surface area contributed by atoms with Crippen LogP contribution in [0, 0.1) is 0 Å². The summed E-state index contributed by atoms with van der Waals surface area (Å²) in [6.07, 6.45) is 1.98. The molecule has 0 aliphatic carbocycles. The summed E-state index contributed by atoms with van der Waals surface area (Å²) in [6, 6.07) is 18.2. The Labute approximate surface area is 114 Å². The third-order valence-electron chi connectivity index (χ3n) is 2.88. The first-order valence-electron chi connectivity index (χ1n) is 6.37. The first kappa shape index (κ1) is 13.2. The predicted molar refractivity (Wildman–Crippen MR) is 81.5 cm³/mol. The van der Waals surface area contributed by atoms with E-state index >= 15 is 0 Å². The molecule has 19 heavy (non-hydrogen) atoms. The fraction of sp³-hybridized carbons (Fsp3) is 0.176. The molecule has 0 N–H and O–H groups in total. The molecule has 0 amide bonds. The van der Waals surface area contributed by atoms with Crippen LogP contribution in [-0.2, 0) is 0 Å². The lowest BCUT2D eigenvalue weighted by atomic mass is 10.2. The Kier molecular flexibility index (Phi) is 4.24. The second-order valence-electron chi connectivity index (χ2n) is 4.51. The van der Waals surface area contributed by atoms with E-state index in [1.165, 1.54) is 0 Å². The number of nitrogens with zero attached hydrogens (tertiary/aromatic N) is 1. The lowest BCUT2D eigenvalue weighted by Gasteiger charge is -2.15. The molecule has 0 unspecified atom stereocenters. The standard InChI is InChI=1S/C17H19NO/c1-4-17(14-9-6-5-7-10-14)19-16-12-8-11-15(13-16)18(2)3/h4-13H,1-3H3. The van der Waals surface area contributed by atoms with Gasteiger partial charge in [-0.3, -0.25) is 0 Å². The smallest absolute Gasteiger partial charge is 0.130 e. The summed E-state index contributed by atoms with van der Waals surface area (Å²) in [4.78, 5) is 2.06. The largest absolute Gasteiger partial charge is 0.457 e. The molecular weight excluding hydrogens is 234 g/mol. The van der Waals surface area contributed by atoms with Crippen molar-refractivity contribution in [3.05, 3.63) is 66.2 Å². The summed E-state index contributed by atoms with van der Waals surface area (Å²) >= 11 is 0. The fourth-order valence-electron chi connectivity index (χ4n) is 1.84. The number of anilines is 1. The van der Waals surface area contributed by atoms with Gasteiger partial charge in [0, 0.05) is 31.4 Å². The Morgan fingerprint density at radius 2 is 1.74 bits per heavy atom. The molecule has 2 nitrogen and oxygen atoms in total. The van der Waals surface area contributed by atoms with Crippen molar-refractivity contribution in [1.29, 1.82) is 0 Å². The zero-order valence-corrected chi connectivity index (χ0v) is 11.6. The van der Waals surface area contributed by atoms with E-state index in [0.29, 0.717) is 0 Å². The van der Waals surface area contributed by atoms with E-state index in [9.17, 15) is 0 Å². The Bertz CT molecular complexity index is 558. The van der Waals surface area contributed by atoms with Crippen LogP contribution in [-0.4, -0.2) is 14.1 Å². The summed E-state index contributed by atoms with van der Waals surface area (Å²) < 4.78 is 5.97.